The molecule has 110 valence electrons. The molecule has 0 bridgehead atoms. The Morgan fingerprint density at radius 3 is 2.58 bits per heavy atom. The van der Waals surface area contributed by atoms with Crippen LogP contribution in [0.1, 0.15) is 45.4 Å². The van der Waals surface area contributed by atoms with E-state index >= 15 is 0 Å². The van der Waals surface area contributed by atoms with Gasteiger partial charge in [0.2, 0.25) is 0 Å². The second-order valence-corrected chi connectivity index (χ2v) is 6.31. The van der Waals surface area contributed by atoms with E-state index in [1.807, 2.05) is 0 Å². The smallest absolute Gasteiger partial charge is 0.122 e. The highest BCUT2D eigenvalue weighted by atomic mass is 16.3. The van der Waals surface area contributed by atoms with Crippen molar-refractivity contribution in [1.29, 1.82) is 0 Å². The summed E-state index contributed by atoms with van der Waals surface area (Å²) >= 11 is 0. The normalized spacial score (nSPS) is 12.0. The van der Waals surface area contributed by atoms with Gasteiger partial charge in [-0.25, -0.2) is 0 Å². The molecule has 1 aromatic rings. The summed E-state index contributed by atoms with van der Waals surface area (Å²) in [7, 11) is 2.16. The fraction of sp³-hybridized carbons (Fsp3) is 0.750. The van der Waals surface area contributed by atoms with Crippen molar-refractivity contribution in [2.75, 3.05) is 20.1 Å². The molecule has 0 aliphatic heterocycles. The van der Waals surface area contributed by atoms with Crippen LogP contribution >= 0.6 is 0 Å². The summed E-state index contributed by atoms with van der Waals surface area (Å²) in [6.45, 7) is 13.0. The van der Waals surface area contributed by atoms with Gasteiger partial charge >= 0.3 is 0 Å². The minimum absolute atomic E-state index is 0.684. The van der Waals surface area contributed by atoms with E-state index < -0.39 is 0 Å². The van der Waals surface area contributed by atoms with Gasteiger partial charge in [0.05, 0.1) is 12.8 Å². The van der Waals surface area contributed by atoms with Crippen LogP contribution in [0.15, 0.2) is 16.7 Å². The third-order valence-corrected chi connectivity index (χ3v) is 3.21. The molecule has 0 aliphatic rings. The number of hydrogen-bond acceptors (Lipinski definition) is 3. The van der Waals surface area contributed by atoms with E-state index in [0.717, 1.165) is 37.9 Å². The zero-order valence-electron chi connectivity index (χ0n) is 13.2. The van der Waals surface area contributed by atoms with Gasteiger partial charge in [0.15, 0.2) is 0 Å². The highest BCUT2D eigenvalue weighted by Crippen LogP contribution is 2.13. The van der Waals surface area contributed by atoms with Crippen LogP contribution in [-0.2, 0) is 13.1 Å². The SMILES string of the molecule is CC(C)CCN(C)Cc1occc1CNCC(C)C. The molecule has 0 atom stereocenters. The van der Waals surface area contributed by atoms with Gasteiger partial charge in [-0.1, -0.05) is 27.7 Å². The molecule has 0 radical (unpaired) electrons. The highest BCUT2D eigenvalue weighted by Gasteiger charge is 2.09. The Labute approximate surface area is 118 Å². The minimum atomic E-state index is 0.684. The third-order valence-electron chi connectivity index (χ3n) is 3.21. The predicted molar refractivity (Wildman–Crippen MR) is 81.0 cm³/mol. The molecule has 1 aromatic heterocycles. The zero-order chi connectivity index (χ0) is 14.3. The number of hydrogen-bond donors (Lipinski definition) is 1. The van der Waals surface area contributed by atoms with E-state index in [0.29, 0.717) is 5.92 Å². The van der Waals surface area contributed by atoms with Crippen molar-refractivity contribution in [1.82, 2.24) is 10.2 Å². The molecule has 0 saturated heterocycles. The molecule has 0 fully saturated rings. The first kappa shape index (κ1) is 16.3. The van der Waals surface area contributed by atoms with E-state index in [9.17, 15) is 0 Å². The standard InChI is InChI=1S/C16H30N2O/c1-13(2)6-8-18(5)12-16-15(7-9-19-16)11-17-10-14(3)4/h7,9,13-14,17H,6,8,10-12H2,1-5H3. The summed E-state index contributed by atoms with van der Waals surface area (Å²) in [6.07, 6.45) is 3.04. The minimum Gasteiger partial charge on any atom is -0.468 e. The molecule has 0 aromatic carbocycles. The molecule has 3 heteroatoms. The molecule has 19 heavy (non-hydrogen) atoms. The Morgan fingerprint density at radius 2 is 1.95 bits per heavy atom. The molecule has 1 heterocycles. The summed E-state index contributed by atoms with van der Waals surface area (Å²) in [4.78, 5) is 2.34. The van der Waals surface area contributed by atoms with Crippen LogP contribution in [0.5, 0.6) is 0 Å². The molecule has 0 amide bonds. The predicted octanol–water partition coefficient (Wildman–Crippen LogP) is 3.50. The number of nitrogens with one attached hydrogen (secondary N) is 1. The Bertz CT molecular complexity index is 344. The maximum absolute atomic E-state index is 5.62. The van der Waals surface area contributed by atoms with Crippen LogP contribution in [-0.4, -0.2) is 25.0 Å². The van der Waals surface area contributed by atoms with Gasteiger partial charge in [0.25, 0.3) is 0 Å². The fourth-order valence-electron chi connectivity index (χ4n) is 1.96. The van der Waals surface area contributed by atoms with Crippen LogP contribution in [0.3, 0.4) is 0 Å². The van der Waals surface area contributed by atoms with Crippen LogP contribution in [0, 0.1) is 11.8 Å². The quantitative estimate of drug-likeness (QED) is 0.741. The summed E-state index contributed by atoms with van der Waals surface area (Å²) in [5.41, 5.74) is 1.29. The lowest BCUT2D eigenvalue weighted by molar-refractivity contribution is 0.276. The number of nitrogens with zero attached hydrogens (tertiary/aromatic N) is 1. The Balaban J connectivity index is 2.39. The number of rotatable bonds is 9. The zero-order valence-corrected chi connectivity index (χ0v) is 13.2. The van der Waals surface area contributed by atoms with Crippen molar-refractivity contribution in [2.24, 2.45) is 11.8 Å². The van der Waals surface area contributed by atoms with E-state index in [2.05, 4.69) is 51.0 Å². The van der Waals surface area contributed by atoms with Crippen molar-refractivity contribution >= 4 is 0 Å². The highest BCUT2D eigenvalue weighted by molar-refractivity contribution is 5.16. The molecule has 0 unspecified atom stereocenters. The van der Waals surface area contributed by atoms with Crippen molar-refractivity contribution in [3.8, 4) is 0 Å². The van der Waals surface area contributed by atoms with Gasteiger partial charge in [-0.15, -0.1) is 0 Å². The van der Waals surface area contributed by atoms with Crippen LogP contribution in [0.4, 0.5) is 0 Å². The maximum atomic E-state index is 5.62. The third kappa shape index (κ3) is 6.79. The number of furan rings is 1. The molecule has 3 nitrogen and oxygen atoms in total. The first-order valence-electron chi connectivity index (χ1n) is 7.43. The molecule has 0 spiro atoms. The van der Waals surface area contributed by atoms with Gasteiger partial charge in [0, 0.05) is 12.1 Å². The lowest BCUT2D eigenvalue weighted by atomic mass is 10.1. The van der Waals surface area contributed by atoms with Crippen LogP contribution < -0.4 is 5.32 Å². The second-order valence-electron chi connectivity index (χ2n) is 6.31. The van der Waals surface area contributed by atoms with Crippen molar-refractivity contribution in [2.45, 2.75) is 47.2 Å². The Kier molecular flexibility index (Phi) is 7.17. The van der Waals surface area contributed by atoms with Crippen molar-refractivity contribution in [3.63, 3.8) is 0 Å². The van der Waals surface area contributed by atoms with Gasteiger partial charge < -0.3 is 9.73 Å². The van der Waals surface area contributed by atoms with E-state index in [-0.39, 0.29) is 0 Å². The van der Waals surface area contributed by atoms with Gasteiger partial charge in [-0.05, 0) is 44.5 Å². The van der Waals surface area contributed by atoms with E-state index in [1.165, 1.54) is 12.0 Å². The average molecular weight is 266 g/mol. The summed E-state index contributed by atoms with van der Waals surface area (Å²) in [6, 6.07) is 2.08. The first-order chi connectivity index (χ1) is 8.99. The molecule has 0 saturated carbocycles. The fourth-order valence-corrected chi connectivity index (χ4v) is 1.96. The Morgan fingerprint density at radius 1 is 1.21 bits per heavy atom. The van der Waals surface area contributed by atoms with Crippen LogP contribution in [0.2, 0.25) is 0 Å². The van der Waals surface area contributed by atoms with E-state index in [1.54, 1.807) is 6.26 Å². The molecule has 1 rings (SSSR count). The van der Waals surface area contributed by atoms with Crippen molar-refractivity contribution in [3.05, 3.63) is 23.7 Å². The Hall–Kier alpha value is -0.800. The summed E-state index contributed by atoms with van der Waals surface area (Å²) in [5.74, 6) is 2.54. The van der Waals surface area contributed by atoms with Gasteiger partial charge in [-0.2, -0.15) is 0 Å². The summed E-state index contributed by atoms with van der Waals surface area (Å²) < 4.78 is 5.62. The molecule has 1 N–H and O–H groups in total. The molecular formula is C16H30N2O. The monoisotopic (exact) mass is 266 g/mol. The molecule has 0 aliphatic carbocycles. The van der Waals surface area contributed by atoms with E-state index in [4.69, 9.17) is 4.42 Å². The second kappa shape index (κ2) is 8.39. The maximum Gasteiger partial charge on any atom is 0.122 e. The largest absolute Gasteiger partial charge is 0.468 e. The first-order valence-corrected chi connectivity index (χ1v) is 7.43. The van der Waals surface area contributed by atoms with Crippen LogP contribution in [0.25, 0.3) is 0 Å². The summed E-state index contributed by atoms with van der Waals surface area (Å²) in [5, 5.41) is 3.47. The average Bonchev–Trinajstić information content (AvgIpc) is 2.74. The van der Waals surface area contributed by atoms with Gasteiger partial charge in [0.1, 0.15) is 5.76 Å². The van der Waals surface area contributed by atoms with Crippen molar-refractivity contribution < 1.29 is 4.42 Å². The van der Waals surface area contributed by atoms with Gasteiger partial charge in [-0.3, -0.25) is 4.90 Å². The molecular weight excluding hydrogens is 236 g/mol. The lowest BCUT2D eigenvalue weighted by Crippen LogP contribution is -2.22. The topological polar surface area (TPSA) is 28.4 Å². The lowest BCUT2D eigenvalue weighted by Gasteiger charge is -2.17.